The van der Waals surface area contributed by atoms with Crippen LogP contribution < -0.4 is 19.6 Å². The highest BCUT2D eigenvalue weighted by Gasteiger charge is 2.33. The van der Waals surface area contributed by atoms with Crippen molar-refractivity contribution in [2.45, 2.75) is 26.8 Å². The maximum atomic E-state index is 13.6. The van der Waals surface area contributed by atoms with Crippen molar-refractivity contribution >= 4 is 29.1 Å². The Balaban J connectivity index is 1.97. The zero-order chi connectivity index (χ0) is 26.0. The summed E-state index contributed by atoms with van der Waals surface area (Å²) < 4.78 is 12.2. The molecule has 1 N–H and O–H groups in total. The van der Waals surface area contributed by atoms with Gasteiger partial charge in [0.25, 0.3) is 11.2 Å². The first-order valence-corrected chi connectivity index (χ1v) is 12.0. The molecule has 0 bridgehead atoms. The first kappa shape index (κ1) is 24.9. The fraction of sp³-hybridized carbons (Fsp3) is 0.240. The van der Waals surface area contributed by atoms with E-state index in [2.05, 4.69) is 4.99 Å². The van der Waals surface area contributed by atoms with Gasteiger partial charge in [-0.3, -0.25) is 19.5 Å². The summed E-state index contributed by atoms with van der Waals surface area (Å²) in [6.07, 6.45) is 1.36. The van der Waals surface area contributed by atoms with Crippen molar-refractivity contribution in [3.63, 3.8) is 0 Å². The van der Waals surface area contributed by atoms with Crippen LogP contribution in [0.25, 0.3) is 6.08 Å². The molecule has 4 rings (SSSR count). The summed E-state index contributed by atoms with van der Waals surface area (Å²) in [5, 5.41) is 22.1. The lowest BCUT2D eigenvalue weighted by atomic mass is 9.96. The number of rotatable bonds is 7. The van der Waals surface area contributed by atoms with Crippen LogP contribution in [0.15, 0.2) is 63.5 Å². The lowest BCUT2D eigenvalue weighted by Crippen LogP contribution is -2.39. The molecule has 1 atom stereocenters. The number of phenols is 1. The van der Waals surface area contributed by atoms with E-state index in [0.717, 1.165) is 17.4 Å². The molecule has 0 unspecified atom stereocenters. The molecular weight excluding hydrogens is 486 g/mol. The first-order chi connectivity index (χ1) is 17.3. The number of esters is 1. The fourth-order valence-corrected chi connectivity index (χ4v) is 5.02. The minimum atomic E-state index is -0.777. The Kier molecular flexibility index (Phi) is 7.02. The van der Waals surface area contributed by atoms with Gasteiger partial charge in [-0.15, -0.1) is 0 Å². The number of benzene rings is 2. The van der Waals surface area contributed by atoms with Crippen LogP contribution in [0.1, 0.15) is 37.9 Å². The second-order valence-electron chi connectivity index (χ2n) is 7.78. The highest BCUT2D eigenvalue weighted by molar-refractivity contribution is 7.07. The molecule has 1 aromatic heterocycles. The number of carbonyl (C=O) groups excluding carboxylic acids is 1. The van der Waals surface area contributed by atoms with Crippen molar-refractivity contribution in [2.24, 2.45) is 4.99 Å². The molecule has 0 saturated heterocycles. The van der Waals surface area contributed by atoms with E-state index >= 15 is 0 Å². The predicted octanol–water partition coefficient (Wildman–Crippen LogP) is 2.81. The molecule has 1 aliphatic rings. The Morgan fingerprint density at radius 2 is 1.97 bits per heavy atom. The molecular formula is C25H23N3O7S. The average molecular weight is 510 g/mol. The number of nitrogens with zero attached hydrogens (tertiary/aromatic N) is 3. The highest BCUT2D eigenvalue weighted by Crippen LogP contribution is 2.35. The van der Waals surface area contributed by atoms with Crippen molar-refractivity contribution in [1.29, 1.82) is 0 Å². The van der Waals surface area contributed by atoms with Crippen molar-refractivity contribution in [1.82, 2.24) is 4.57 Å². The number of nitro groups is 1. The summed E-state index contributed by atoms with van der Waals surface area (Å²) in [5.41, 5.74) is 0.657. The number of thiazole rings is 1. The zero-order valence-electron chi connectivity index (χ0n) is 19.8. The molecule has 36 heavy (non-hydrogen) atoms. The summed E-state index contributed by atoms with van der Waals surface area (Å²) in [7, 11) is 0. The van der Waals surface area contributed by atoms with Gasteiger partial charge in [-0.05, 0) is 32.4 Å². The van der Waals surface area contributed by atoms with Gasteiger partial charge < -0.3 is 14.6 Å². The second-order valence-corrected chi connectivity index (χ2v) is 8.79. The number of non-ortho nitro benzene ring substituents is 1. The van der Waals surface area contributed by atoms with Crippen molar-refractivity contribution in [3.8, 4) is 11.5 Å². The third kappa shape index (κ3) is 4.52. The van der Waals surface area contributed by atoms with E-state index in [4.69, 9.17) is 9.47 Å². The minimum absolute atomic E-state index is 0.0514. The van der Waals surface area contributed by atoms with E-state index in [1.165, 1.54) is 16.7 Å². The molecule has 0 amide bonds. The number of allylic oxidation sites excluding steroid dienone is 1. The quantitative estimate of drug-likeness (QED) is 0.294. The molecule has 2 heterocycles. The zero-order valence-corrected chi connectivity index (χ0v) is 20.6. The number of aromatic nitrogens is 1. The van der Waals surface area contributed by atoms with E-state index in [1.54, 1.807) is 45.0 Å². The Labute approximate surface area is 209 Å². The largest absolute Gasteiger partial charge is 0.504 e. The number of hydrogen-bond donors (Lipinski definition) is 1. The summed E-state index contributed by atoms with van der Waals surface area (Å²) in [5.74, 6) is -0.954. The molecule has 0 saturated carbocycles. The van der Waals surface area contributed by atoms with Gasteiger partial charge in [0.15, 0.2) is 16.3 Å². The lowest BCUT2D eigenvalue weighted by molar-refractivity contribution is -0.385. The van der Waals surface area contributed by atoms with E-state index in [0.29, 0.717) is 16.1 Å². The van der Waals surface area contributed by atoms with E-state index < -0.39 is 22.5 Å². The van der Waals surface area contributed by atoms with Crippen LogP contribution in [-0.2, 0) is 9.53 Å². The number of ether oxygens (including phenoxy) is 2. The van der Waals surface area contributed by atoms with Gasteiger partial charge in [-0.1, -0.05) is 41.7 Å². The van der Waals surface area contributed by atoms with Gasteiger partial charge in [-0.25, -0.2) is 9.79 Å². The molecule has 0 fully saturated rings. The van der Waals surface area contributed by atoms with E-state index in [9.17, 15) is 24.8 Å². The van der Waals surface area contributed by atoms with E-state index in [1.807, 2.05) is 6.07 Å². The SMILES string of the molecule is CCOC(=O)C1=C(C)N=c2s/c(=C/c3cc([N+](=O)[O-])cc(OCC)c3O)c(=O)n2[C@@H]1c1ccccc1. The van der Waals surface area contributed by atoms with Crippen molar-refractivity contribution < 1.29 is 24.3 Å². The van der Waals surface area contributed by atoms with Gasteiger partial charge in [0.1, 0.15) is 0 Å². The van der Waals surface area contributed by atoms with Crippen LogP contribution in [0.3, 0.4) is 0 Å². The monoisotopic (exact) mass is 509 g/mol. The molecule has 11 heteroatoms. The smallest absolute Gasteiger partial charge is 0.338 e. The number of aromatic hydroxyl groups is 1. The number of nitro benzene ring substituents is 1. The van der Waals surface area contributed by atoms with E-state index in [-0.39, 0.29) is 46.1 Å². The third-order valence-electron chi connectivity index (χ3n) is 5.52. The molecule has 3 aromatic rings. The molecule has 10 nitrogen and oxygen atoms in total. The lowest BCUT2D eigenvalue weighted by Gasteiger charge is -2.24. The van der Waals surface area contributed by atoms with Gasteiger partial charge in [-0.2, -0.15) is 0 Å². The summed E-state index contributed by atoms with van der Waals surface area (Å²) in [6, 6.07) is 10.6. The number of carbonyl (C=O) groups is 1. The van der Waals surface area contributed by atoms with Gasteiger partial charge in [0.2, 0.25) is 0 Å². The van der Waals surface area contributed by atoms with Gasteiger partial charge in [0, 0.05) is 11.6 Å². The highest BCUT2D eigenvalue weighted by atomic mass is 32.1. The normalized spacial score (nSPS) is 15.3. The van der Waals surface area contributed by atoms with Crippen LogP contribution >= 0.6 is 11.3 Å². The maximum Gasteiger partial charge on any atom is 0.338 e. The number of hydrogen-bond acceptors (Lipinski definition) is 9. The predicted molar refractivity (Wildman–Crippen MR) is 133 cm³/mol. The third-order valence-corrected chi connectivity index (χ3v) is 6.50. The average Bonchev–Trinajstić information content (AvgIpc) is 3.15. The molecule has 0 aliphatic carbocycles. The Bertz CT molecular complexity index is 1550. The summed E-state index contributed by atoms with van der Waals surface area (Å²) in [6.45, 7) is 5.41. The maximum absolute atomic E-state index is 13.6. The molecule has 2 aromatic carbocycles. The minimum Gasteiger partial charge on any atom is -0.504 e. The number of phenolic OH excluding ortho intramolecular Hbond substituents is 1. The van der Waals surface area contributed by atoms with Crippen LogP contribution in [0.4, 0.5) is 5.69 Å². The van der Waals surface area contributed by atoms with Gasteiger partial charge in [0.05, 0.1) is 46.0 Å². The summed E-state index contributed by atoms with van der Waals surface area (Å²) >= 11 is 1.05. The van der Waals surface area contributed by atoms with Crippen LogP contribution in [-0.4, -0.2) is 33.8 Å². The van der Waals surface area contributed by atoms with Crippen LogP contribution in [0, 0.1) is 10.1 Å². The Hall–Kier alpha value is -4.25. The van der Waals surface area contributed by atoms with Crippen molar-refractivity contribution in [2.75, 3.05) is 13.2 Å². The molecule has 0 spiro atoms. The Morgan fingerprint density at radius 3 is 2.61 bits per heavy atom. The van der Waals surface area contributed by atoms with Crippen LogP contribution in [0.5, 0.6) is 11.5 Å². The van der Waals surface area contributed by atoms with Gasteiger partial charge >= 0.3 is 5.97 Å². The first-order valence-electron chi connectivity index (χ1n) is 11.2. The second kappa shape index (κ2) is 10.2. The topological polar surface area (TPSA) is 133 Å². The number of fused-ring (bicyclic) bond motifs is 1. The Morgan fingerprint density at radius 1 is 1.25 bits per heavy atom. The standard InChI is InChI=1S/C25H23N3O7S/c1-4-34-18-13-17(28(32)33)11-16(22(18)29)12-19-23(30)27-21(15-9-7-6-8-10-15)20(24(31)35-5-2)14(3)26-25(27)36-19/h6-13,21,29H,4-5H2,1-3H3/b19-12+/t21-/m1/s1. The van der Waals surface area contributed by atoms with Crippen LogP contribution in [0.2, 0.25) is 0 Å². The fourth-order valence-electron chi connectivity index (χ4n) is 3.98. The molecule has 186 valence electrons. The summed E-state index contributed by atoms with van der Waals surface area (Å²) in [4.78, 5) is 42.2. The van der Waals surface area contributed by atoms with Crippen molar-refractivity contribution in [3.05, 3.63) is 94.7 Å². The molecule has 0 radical (unpaired) electrons. The molecule has 1 aliphatic heterocycles.